The maximum absolute atomic E-state index is 14.4. The van der Waals surface area contributed by atoms with Crippen molar-refractivity contribution < 1.29 is 48.0 Å². The number of ketones is 1. The second-order valence-corrected chi connectivity index (χ2v) is 15.7. The quantitative estimate of drug-likeness (QED) is 0.303. The molecule has 49 heavy (non-hydrogen) atoms. The molecule has 5 saturated carbocycles. The van der Waals surface area contributed by atoms with Crippen molar-refractivity contribution in [2.75, 3.05) is 53.0 Å². The van der Waals surface area contributed by atoms with Gasteiger partial charge >= 0.3 is 5.97 Å². The molecule has 2 heterocycles. The molecule has 7 aliphatic rings. The number of Topliss-reactive ketones (excluding diaryl/α,β-unsaturated/α-hetero) is 1. The second kappa shape index (κ2) is 11.1. The van der Waals surface area contributed by atoms with E-state index < -0.39 is 58.1 Å². The molecule has 8 rings (SSSR count). The normalized spacial score (nSPS) is 46.5. The molecule has 7 fully saturated rings. The van der Waals surface area contributed by atoms with Gasteiger partial charge < -0.3 is 28.8 Å². The number of rotatable bonds is 9. The minimum Gasteiger partial charge on any atom is -0.461 e. The van der Waals surface area contributed by atoms with Crippen molar-refractivity contribution in [3.05, 3.63) is 29.8 Å². The Morgan fingerprint density at radius 3 is 2.45 bits per heavy atom. The number of imide groups is 1. The van der Waals surface area contributed by atoms with Gasteiger partial charge in [0.1, 0.15) is 17.0 Å². The molecule has 2 saturated heterocycles. The molecule has 5 aliphatic carbocycles. The summed E-state index contributed by atoms with van der Waals surface area (Å²) in [5.74, 6) is -3.08. The third-order valence-electron chi connectivity index (χ3n) is 14.4. The summed E-state index contributed by atoms with van der Waals surface area (Å²) in [7, 11) is 6.56. The van der Waals surface area contributed by atoms with Crippen molar-refractivity contribution in [3.8, 4) is 0 Å². The smallest absolute Gasteiger partial charge is 0.340 e. The van der Waals surface area contributed by atoms with E-state index in [4.69, 9.17) is 23.7 Å². The van der Waals surface area contributed by atoms with Crippen LogP contribution in [0.2, 0.25) is 0 Å². The first kappa shape index (κ1) is 33.4. The van der Waals surface area contributed by atoms with Crippen molar-refractivity contribution in [2.45, 2.75) is 81.5 Å². The Balaban J connectivity index is 1.24. The van der Waals surface area contributed by atoms with Gasteiger partial charge in [0.15, 0.2) is 0 Å². The monoisotopic (exact) mass is 680 g/mol. The van der Waals surface area contributed by atoms with Gasteiger partial charge in [0, 0.05) is 76.4 Å². The van der Waals surface area contributed by atoms with Crippen LogP contribution in [0.1, 0.15) is 56.3 Å². The number of anilines is 1. The lowest BCUT2D eigenvalue weighted by atomic mass is 9.42. The number of hydrogen-bond donors (Lipinski definition) is 1. The molecule has 0 radical (unpaired) electrons. The number of benzene rings is 1. The van der Waals surface area contributed by atoms with Crippen LogP contribution in [0.4, 0.5) is 5.69 Å². The number of amides is 2. The fraction of sp³-hybridized carbons (Fsp3) is 0.730. The number of piperidine rings is 1. The van der Waals surface area contributed by atoms with Gasteiger partial charge in [-0.1, -0.05) is 26.0 Å². The van der Waals surface area contributed by atoms with Gasteiger partial charge in [0.25, 0.3) is 0 Å². The SMILES string of the molecule is CCN1CC2(COC(=O)c3ccccc3N3C(=O)CC(C)C3=O)CCC(OC)C34C5CC6C(=O)C5C(OC)(CC6OC)C(O)(C(OC)C23)C14. The van der Waals surface area contributed by atoms with E-state index in [-0.39, 0.29) is 65.7 Å². The van der Waals surface area contributed by atoms with Crippen LogP contribution in [0, 0.1) is 40.4 Å². The lowest BCUT2D eigenvalue weighted by Gasteiger charge is -2.69. The second-order valence-electron chi connectivity index (χ2n) is 15.7. The molecular weight excluding hydrogens is 632 g/mol. The summed E-state index contributed by atoms with van der Waals surface area (Å²) in [6.45, 7) is 4.94. The van der Waals surface area contributed by atoms with E-state index in [9.17, 15) is 24.3 Å². The van der Waals surface area contributed by atoms with Crippen LogP contribution in [0.5, 0.6) is 0 Å². The van der Waals surface area contributed by atoms with E-state index in [1.807, 2.05) is 0 Å². The van der Waals surface area contributed by atoms with Crippen LogP contribution >= 0.6 is 0 Å². The number of fused-ring (bicyclic) bond motifs is 2. The van der Waals surface area contributed by atoms with Crippen molar-refractivity contribution >= 4 is 29.3 Å². The third-order valence-corrected chi connectivity index (χ3v) is 14.4. The Bertz CT molecular complexity index is 1600. The number of likely N-dealkylation sites (tertiary alicyclic amines) is 1. The molecule has 1 spiro atoms. The molecule has 1 aromatic carbocycles. The van der Waals surface area contributed by atoms with Crippen LogP contribution in [0.3, 0.4) is 0 Å². The number of methoxy groups -OCH3 is 4. The Kier molecular flexibility index (Phi) is 7.59. The first-order chi connectivity index (χ1) is 23.5. The highest BCUT2D eigenvalue weighted by Gasteiger charge is 2.92. The maximum Gasteiger partial charge on any atom is 0.340 e. The van der Waals surface area contributed by atoms with Crippen LogP contribution < -0.4 is 4.90 Å². The van der Waals surface area contributed by atoms with Gasteiger partial charge in [-0.15, -0.1) is 0 Å². The highest BCUT2D eigenvalue weighted by Crippen LogP contribution is 2.80. The van der Waals surface area contributed by atoms with Gasteiger partial charge in [-0.05, 0) is 43.9 Å². The lowest BCUT2D eigenvalue weighted by Crippen LogP contribution is -2.82. The first-order valence-electron chi connectivity index (χ1n) is 17.7. The zero-order valence-electron chi connectivity index (χ0n) is 29.2. The summed E-state index contributed by atoms with van der Waals surface area (Å²) in [5, 5.41) is 13.6. The molecule has 13 atom stereocenters. The summed E-state index contributed by atoms with van der Waals surface area (Å²) in [6.07, 6.45) is 0.923. The maximum atomic E-state index is 14.4. The molecule has 7 bridgehead atoms. The molecule has 12 nitrogen and oxygen atoms in total. The largest absolute Gasteiger partial charge is 0.461 e. The van der Waals surface area contributed by atoms with E-state index in [1.54, 1.807) is 59.6 Å². The van der Waals surface area contributed by atoms with Crippen LogP contribution in [-0.2, 0) is 38.1 Å². The Labute approximate surface area is 286 Å². The number of likely N-dealkylation sites (N-methyl/N-ethyl adjacent to an activating group) is 1. The van der Waals surface area contributed by atoms with Gasteiger partial charge in [0.2, 0.25) is 11.8 Å². The van der Waals surface area contributed by atoms with Gasteiger partial charge in [-0.3, -0.25) is 19.3 Å². The van der Waals surface area contributed by atoms with E-state index in [0.29, 0.717) is 38.8 Å². The third kappa shape index (κ3) is 3.75. The molecule has 1 N–H and O–H groups in total. The van der Waals surface area contributed by atoms with Gasteiger partial charge in [0.05, 0.1) is 48.1 Å². The average molecular weight is 681 g/mol. The fourth-order valence-electron chi connectivity index (χ4n) is 12.9. The zero-order chi connectivity index (χ0) is 34.8. The highest BCUT2D eigenvalue weighted by atomic mass is 16.5. The minimum absolute atomic E-state index is 0.0237. The summed E-state index contributed by atoms with van der Waals surface area (Å²) in [6, 6.07) is 6.13. The average Bonchev–Trinajstić information content (AvgIpc) is 3.57. The number of esters is 1. The number of carbonyl (C=O) groups excluding carboxylic acids is 4. The highest BCUT2D eigenvalue weighted by molar-refractivity contribution is 6.22. The van der Waals surface area contributed by atoms with Gasteiger partial charge in [-0.2, -0.15) is 0 Å². The van der Waals surface area contributed by atoms with E-state index in [2.05, 4.69) is 11.8 Å². The summed E-state index contributed by atoms with van der Waals surface area (Å²) < 4.78 is 31.6. The van der Waals surface area contributed by atoms with E-state index in [1.165, 1.54) is 0 Å². The van der Waals surface area contributed by atoms with Crippen LogP contribution in [0.25, 0.3) is 0 Å². The molecular formula is C37H48N2O10. The number of hydrogen-bond acceptors (Lipinski definition) is 11. The molecule has 13 unspecified atom stereocenters. The Morgan fingerprint density at radius 1 is 1.06 bits per heavy atom. The van der Waals surface area contributed by atoms with Gasteiger partial charge in [-0.25, -0.2) is 9.69 Å². The molecule has 0 aromatic heterocycles. The molecule has 266 valence electrons. The minimum atomic E-state index is -1.60. The number of aliphatic hydroxyl groups is 1. The molecule has 1 aromatic rings. The van der Waals surface area contributed by atoms with Crippen molar-refractivity contribution in [1.82, 2.24) is 4.90 Å². The predicted octanol–water partition coefficient (Wildman–Crippen LogP) is 2.24. The lowest BCUT2D eigenvalue weighted by molar-refractivity contribution is -0.307. The van der Waals surface area contributed by atoms with Crippen molar-refractivity contribution in [1.29, 1.82) is 0 Å². The van der Waals surface area contributed by atoms with Crippen molar-refractivity contribution in [3.63, 3.8) is 0 Å². The standard InChI is InChI=1S/C37H48N2O10/c1-7-38-17-34(18-49-32(43)20-10-8-9-11-23(20)39-26(40)14-19(2)31(39)42)13-12-25(46-4)36-22-15-21-24(45-3)16-35(48-6,27(22)28(21)41)37(44,33(36)38)30(47-5)29(34)36/h8-11,19,21-22,24-25,27,29-30,33,44H,7,12-18H2,1-6H3. The number of nitrogens with zero attached hydrogens (tertiary/aromatic N) is 2. The molecule has 2 amide bonds. The fourth-order valence-corrected chi connectivity index (χ4v) is 12.9. The van der Waals surface area contributed by atoms with Crippen LogP contribution in [0.15, 0.2) is 24.3 Å². The Hall–Kier alpha value is -2.74. The number of carbonyl (C=O) groups is 4. The predicted molar refractivity (Wildman–Crippen MR) is 173 cm³/mol. The van der Waals surface area contributed by atoms with E-state index >= 15 is 0 Å². The number of para-hydroxylation sites is 1. The summed E-state index contributed by atoms with van der Waals surface area (Å²) in [4.78, 5) is 57.7. The molecule has 12 heteroatoms. The summed E-state index contributed by atoms with van der Waals surface area (Å²) >= 11 is 0. The molecule has 2 aliphatic heterocycles. The number of ether oxygens (including phenoxy) is 5. The zero-order valence-corrected chi connectivity index (χ0v) is 29.2. The first-order valence-corrected chi connectivity index (χ1v) is 17.7. The van der Waals surface area contributed by atoms with Crippen molar-refractivity contribution in [2.24, 2.45) is 40.4 Å². The Morgan fingerprint density at radius 2 is 1.82 bits per heavy atom. The van der Waals surface area contributed by atoms with E-state index in [0.717, 1.165) is 4.90 Å². The topological polar surface area (TPSA) is 141 Å². The summed E-state index contributed by atoms with van der Waals surface area (Å²) in [5.41, 5.74) is -3.86. The van der Waals surface area contributed by atoms with Crippen LogP contribution in [-0.4, -0.2) is 117 Å².